The number of nitrogens with zero attached hydrogens (tertiary/aromatic N) is 1. The summed E-state index contributed by atoms with van der Waals surface area (Å²) in [5.74, 6) is -1.86. The molecule has 0 radical (unpaired) electrons. The summed E-state index contributed by atoms with van der Waals surface area (Å²) in [6.07, 6.45) is 0. The van der Waals surface area contributed by atoms with Crippen LogP contribution in [0.15, 0.2) is 27.2 Å². The van der Waals surface area contributed by atoms with E-state index < -0.39 is 11.8 Å². The lowest BCUT2D eigenvalue weighted by molar-refractivity contribution is 0.0652. The first-order valence-corrected chi connectivity index (χ1v) is 5.55. The lowest BCUT2D eigenvalue weighted by atomic mass is 10.1. The summed E-state index contributed by atoms with van der Waals surface area (Å²) in [6.45, 7) is 0. The van der Waals surface area contributed by atoms with Crippen LogP contribution in [-0.4, -0.2) is 23.3 Å². The van der Waals surface area contributed by atoms with Crippen molar-refractivity contribution < 1.29 is 23.6 Å². The smallest absolute Gasteiger partial charge is 0.374 e. The van der Waals surface area contributed by atoms with Crippen molar-refractivity contribution in [3.63, 3.8) is 0 Å². The maximum Gasteiger partial charge on any atom is 0.374 e. The van der Waals surface area contributed by atoms with Gasteiger partial charge in [-0.25, -0.2) is 9.18 Å². The van der Waals surface area contributed by atoms with E-state index in [0.29, 0.717) is 10.2 Å². The zero-order chi connectivity index (χ0) is 13.3. The van der Waals surface area contributed by atoms with Crippen LogP contribution in [0.4, 0.5) is 4.39 Å². The van der Waals surface area contributed by atoms with Gasteiger partial charge in [-0.1, -0.05) is 5.16 Å². The van der Waals surface area contributed by atoms with E-state index in [1.165, 1.54) is 19.2 Å². The highest BCUT2D eigenvalue weighted by Gasteiger charge is 2.17. The number of aromatic carboxylic acids is 1. The highest BCUT2D eigenvalue weighted by Crippen LogP contribution is 2.32. The Hall–Kier alpha value is -1.89. The molecule has 0 atom stereocenters. The van der Waals surface area contributed by atoms with Gasteiger partial charge in [-0.15, -0.1) is 0 Å². The third kappa shape index (κ3) is 2.21. The second kappa shape index (κ2) is 4.77. The highest BCUT2D eigenvalue weighted by atomic mass is 79.9. The Morgan fingerprint density at radius 3 is 2.78 bits per heavy atom. The van der Waals surface area contributed by atoms with Gasteiger partial charge in [0.15, 0.2) is 0 Å². The van der Waals surface area contributed by atoms with Crippen molar-refractivity contribution in [3.05, 3.63) is 34.2 Å². The molecular formula is C11H7BrFNO4. The predicted octanol–water partition coefficient (Wildman–Crippen LogP) is 2.95. The van der Waals surface area contributed by atoms with Crippen molar-refractivity contribution in [1.29, 1.82) is 0 Å². The Labute approximate surface area is 109 Å². The molecule has 0 aliphatic rings. The molecule has 2 rings (SSSR count). The minimum Gasteiger partial charge on any atom is -0.495 e. The lowest BCUT2D eigenvalue weighted by Crippen LogP contribution is -1.92. The fourth-order valence-electron chi connectivity index (χ4n) is 1.38. The van der Waals surface area contributed by atoms with Crippen molar-refractivity contribution in [2.24, 2.45) is 0 Å². The van der Waals surface area contributed by atoms with E-state index in [4.69, 9.17) is 9.84 Å². The van der Waals surface area contributed by atoms with Gasteiger partial charge in [0.25, 0.3) is 0 Å². The molecular weight excluding hydrogens is 309 g/mol. The number of rotatable bonds is 3. The van der Waals surface area contributed by atoms with Crippen molar-refractivity contribution in [3.8, 4) is 17.0 Å². The van der Waals surface area contributed by atoms with E-state index in [1.54, 1.807) is 0 Å². The molecule has 0 fully saturated rings. The van der Waals surface area contributed by atoms with Gasteiger partial charge in [0.1, 0.15) is 17.3 Å². The summed E-state index contributed by atoms with van der Waals surface area (Å²) in [6, 6.07) is 3.77. The number of carboxylic acids is 1. The van der Waals surface area contributed by atoms with Crippen LogP contribution in [0.5, 0.6) is 5.75 Å². The largest absolute Gasteiger partial charge is 0.495 e. The molecule has 0 aliphatic heterocycles. The first kappa shape index (κ1) is 12.6. The van der Waals surface area contributed by atoms with Gasteiger partial charge in [0, 0.05) is 17.7 Å². The van der Waals surface area contributed by atoms with E-state index in [2.05, 4.69) is 25.6 Å². The molecule has 5 nitrogen and oxygen atoms in total. The number of hydrogen-bond donors (Lipinski definition) is 1. The van der Waals surface area contributed by atoms with Crippen LogP contribution < -0.4 is 4.74 Å². The number of carbonyl (C=O) groups is 1. The predicted molar refractivity (Wildman–Crippen MR) is 63.1 cm³/mol. The molecule has 0 amide bonds. The van der Waals surface area contributed by atoms with E-state index in [0.717, 1.165) is 6.07 Å². The van der Waals surface area contributed by atoms with Crippen LogP contribution >= 0.6 is 15.9 Å². The van der Waals surface area contributed by atoms with Crippen molar-refractivity contribution in [1.82, 2.24) is 5.16 Å². The number of carboxylic acid groups (broad SMARTS) is 1. The van der Waals surface area contributed by atoms with E-state index in [-0.39, 0.29) is 17.0 Å². The maximum absolute atomic E-state index is 13.8. The summed E-state index contributed by atoms with van der Waals surface area (Å²) in [4.78, 5) is 10.6. The topological polar surface area (TPSA) is 72.6 Å². The number of methoxy groups -OCH3 is 1. The van der Waals surface area contributed by atoms with Gasteiger partial charge in [-0.05, 0) is 22.0 Å². The minimum absolute atomic E-state index is 0.105. The monoisotopic (exact) mass is 315 g/mol. The molecule has 1 heterocycles. The van der Waals surface area contributed by atoms with Crippen LogP contribution in [0, 0.1) is 5.82 Å². The molecule has 0 unspecified atom stereocenters. The Kier molecular flexibility index (Phi) is 3.33. The molecule has 0 spiro atoms. The average Bonchev–Trinajstić information content (AvgIpc) is 2.81. The summed E-state index contributed by atoms with van der Waals surface area (Å²) < 4.78 is 23.8. The van der Waals surface area contributed by atoms with Crippen LogP contribution in [-0.2, 0) is 0 Å². The summed E-state index contributed by atoms with van der Waals surface area (Å²) in [5.41, 5.74) is 0.229. The Morgan fingerprint density at radius 2 is 2.22 bits per heavy atom. The van der Waals surface area contributed by atoms with Gasteiger partial charge in [-0.3, -0.25) is 0 Å². The molecule has 1 aromatic carbocycles. The second-order valence-electron chi connectivity index (χ2n) is 3.35. The summed E-state index contributed by atoms with van der Waals surface area (Å²) in [7, 11) is 1.41. The standard InChI is InChI=1S/C11H7BrFNO4/c1-17-9-3-7(13)5(2-6(9)12)8-4-10(11(15)16)18-14-8/h2-4H,1H3,(H,15,16). The normalized spacial score (nSPS) is 10.4. The highest BCUT2D eigenvalue weighted by molar-refractivity contribution is 9.10. The van der Waals surface area contributed by atoms with Crippen LogP contribution in [0.1, 0.15) is 10.6 Å². The first-order chi connectivity index (χ1) is 8.52. The number of benzene rings is 1. The second-order valence-corrected chi connectivity index (χ2v) is 4.20. The van der Waals surface area contributed by atoms with E-state index >= 15 is 0 Å². The molecule has 1 aromatic heterocycles. The van der Waals surface area contributed by atoms with Crippen LogP contribution in [0.3, 0.4) is 0 Å². The quantitative estimate of drug-likeness (QED) is 0.942. The molecule has 0 saturated heterocycles. The number of hydrogen-bond acceptors (Lipinski definition) is 4. The van der Waals surface area contributed by atoms with Gasteiger partial charge in [0.05, 0.1) is 11.6 Å². The fourth-order valence-corrected chi connectivity index (χ4v) is 1.89. The first-order valence-electron chi connectivity index (χ1n) is 4.76. The molecule has 0 saturated carbocycles. The molecule has 2 aromatic rings. The van der Waals surface area contributed by atoms with Gasteiger partial charge < -0.3 is 14.4 Å². The maximum atomic E-state index is 13.8. The number of halogens is 2. The SMILES string of the molecule is COc1cc(F)c(-c2cc(C(=O)O)on2)cc1Br. The summed E-state index contributed by atoms with van der Waals surface area (Å²) >= 11 is 3.21. The van der Waals surface area contributed by atoms with E-state index in [1.807, 2.05) is 0 Å². The van der Waals surface area contributed by atoms with Crippen LogP contribution in [0.25, 0.3) is 11.3 Å². The van der Waals surface area contributed by atoms with Crippen molar-refractivity contribution in [2.45, 2.75) is 0 Å². The molecule has 94 valence electrons. The third-order valence-electron chi connectivity index (χ3n) is 2.24. The van der Waals surface area contributed by atoms with Crippen molar-refractivity contribution in [2.75, 3.05) is 7.11 Å². The molecule has 18 heavy (non-hydrogen) atoms. The van der Waals surface area contributed by atoms with Gasteiger partial charge >= 0.3 is 5.97 Å². The summed E-state index contributed by atoms with van der Waals surface area (Å²) in [5, 5.41) is 12.2. The molecule has 7 heteroatoms. The molecule has 0 aliphatic carbocycles. The van der Waals surface area contributed by atoms with Crippen molar-refractivity contribution >= 4 is 21.9 Å². The van der Waals surface area contributed by atoms with Gasteiger partial charge in [-0.2, -0.15) is 0 Å². The zero-order valence-electron chi connectivity index (χ0n) is 9.11. The van der Waals surface area contributed by atoms with Gasteiger partial charge in [0.2, 0.25) is 5.76 Å². The third-order valence-corrected chi connectivity index (χ3v) is 2.86. The molecule has 1 N–H and O–H groups in total. The Balaban J connectivity index is 2.50. The lowest BCUT2D eigenvalue weighted by Gasteiger charge is -2.05. The van der Waals surface area contributed by atoms with Crippen LogP contribution in [0.2, 0.25) is 0 Å². The Bertz CT molecular complexity index is 611. The minimum atomic E-state index is -1.26. The Morgan fingerprint density at radius 1 is 1.50 bits per heavy atom. The average molecular weight is 316 g/mol. The number of aromatic nitrogens is 1. The zero-order valence-corrected chi connectivity index (χ0v) is 10.7. The fraction of sp³-hybridized carbons (Fsp3) is 0.0909. The number of ether oxygens (including phenoxy) is 1. The van der Waals surface area contributed by atoms with E-state index in [9.17, 15) is 9.18 Å². The molecule has 0 bridgehead atoms.